The van der Waals surface area contributed by atoms with Crippen molar-refractivity contribution in [3.8, 4) is 0 Å². The van der Waals surface area contributed by atoms with Crippen molar-refractivity contribution in [1.82, 2.24) is 9.80 Å². The monoisotopic (exact) mass is 310 g/mol. The van der Waals surface area contributed by atoms with Gasteiger partial charge >= 0.3 is 0 Å². The van der Waals surface area contributed by atoms with Crippen molar-refractivity contribution in [2.45, 2.75) is 0 Å². The molecule has 0 N–H and O–H groups in total. The Bertz CT molecular complexity index is 684. The Balaban J connectivity index is 1.53. The summed E-state index contributed by atoms with van der Waals surface area (Å²) in [5.41, 5.74) is 0.993. The van der Waals surface area contributed by atoms with E-state index in [1.807, 2.05) is 36.4 Å². The van der Waals surface area contributed by atoms with Gasteiger partial charge in [0, 0.05) is 32.3 Å². The number of carbonyl (C=O) groups is 2. The molecule has 2 heterocycles. The van der Waals surface area contributed by atoms with Gasteiger partial charge in [-0.3, -0.25) is 9.59 Å². The van der Waals surface area contributed by atoms with Gasteiger partial charge in [0.1, 0.15) is 0 Å². The maximum absolute atomic E-state index is 12.2. The Labute approximate surface area is 134 Å². The molecule has 0 radical (unpaired) electrons. The maximum atomic E-state index is 12.2. The zero-order chi connectivity index (χ0) is 16.1. The summed E-state index contributed by atoms with van der Waals surface area (Å²) in [6, 6.07) is 13.1. The number of amides is 2. The molecule has 118 valence electrons. The molecule has 1 aliphatic rings. The van der Waals surface area contributed by atoms with Crippen LogP contribution in [-0.4, -0.2) is 47.8 Å². The molecule has 1 aromatic heterocycles. The smallest absolute Gasteiger partial charge is 0.289 e. The van der Waals surface area contributed by atoms with Gasteiger partial charge < -0.3 is 14.2 Å². The van der Waals surface area contributed by atoms with E-state index >= 15 is 0 Å². The Morgan fingerprint density at radius 1 is 0.913 bits per heavy atom. The van der Waals surface area contributed by atoms with Gasteiger partial charge in [0.05, 0.1) is 6.26 Å². The van der Waals surface area contributed by atoms with Gasteiger partial charge in [0.15, 0.2) is 5.76 Å². The van der Waals surface area contributed by atoms with Crippen LogP contribution in [0.5, 0.6) is 0 Å². The molecule has 3 rings (SSSR count). The zero-order valence-corrected chi connectivity index (χ0v) is 12.7. The van der Waals surface area contributed by atoms with E-state index < -0.39 is 0 Å². The van der Waals surface area contributed by atoms with Crippen molar-refractivity contribution in [3.05, 3.63) is 66.1 Å². The SMILES string of the molecule is O=C(/C=C/c1ccccc1)N1CCN(C(=O)c2ccco2)CC1. The quantitative estimate of drug-likeness (QED) is 0.817. The van der Waals surface area contributed by atoms with Gasteiger partial charge in [0.2, 0.25) is 5.91 Å². The third-order valence-corrected chi connectivity index (χ3v) is 3.83. The van der Waals surface area contributed by atoms with E-state index in [0.29, 0.717) is 31.9 Å². The summed E-state index contributed by atoms with van der Waals surface area (Å²) in [6.07, 6.45) is 4.88. The van der Waals surface area contributed by atoms with Crippen LogP contribution in [0.2, 0.25) is 0 Å². The van der Waals surface area contributed by atoms with E-state index in [0.717, 1.165) is 5.56 Å². The van der Waals surface area contributed by atoms with Crippen LogP contribution in [0.3, 0.4) is 0 Å². The van der Waals surface area contributed by atoms with Crippen LogP contribution in [0.15, 0.2) is 59.2 Å². The van der Waals surface area contributed by atoms with Crippen molar-refractivity contribution < 1.29 is 14.0 Å². The summed E-state index contributed by atoms with van der Waals surface area (Å²) in [6.45, 7) is 2.10. The molecule has 1 aliphatic heterocycles. The number of benzene rings is 1. The average molecular weight is 310 g/mol. The lowest BCUT2D eigenvalue weighted by Crippen LogP contribution is -2.50. The Hall–Kier alpha value is -2.82. The zero-order valence-electron chi connectivity index (χ0n) is 12.7. The first kappa shape index (κ1) is 15.1. The number of rotatable bonds is 3. The predicted octanol–water partition coefficient (Wildman–Crippen LogP) is 2.28. The number of hydrogen-bond donors (Lipinski definition) is 0. The molecule has 1 aromatic carbocycles. The van der Waals surface area contributed by atoms with Gasteiger partial charge in [0.25, 0.3) is 5.91 Å². The summed E-state index contributed by atoms with van der Waals surface area (Å²) < 4.78 is 5.13. The second kappa shape index (κ2) is 6.96. The average Bonchev–Trinajstić information content (AvgIpc) is 3.15. The highest BCUT2D eigenvalue weighted by atomic mass is 16.3. The molecule has 5 heteroatoms. The molecule has 0 saturated carbocycles. The van der Waals surface area contributed by atoms with Crippen LogP contribution in [0, 0.1) is 0 Å². The van der Waals surface area contributed by atoms with Gasteiger partial charge in [-0.15, -0.1) is 0 Å². The molecule has 0 unspecified atom stereocenters. The number of nitrogens with zero attached hydrogens (tertiary/aromatic N) is 2. The predicted molar refractivity (Wildman–Crippen MR) is 86.7 cm³/mol. The van der Waals surface area contributed by atoms with E-state index in [4.69, 9.17) is 4.42 Å². The van der Waals surface area contributed by atoms with Crippen molar-refractivity contribution in [2.24, 2.45) is 0 Å². The van der Waals surface area contributed by atoms with E-state index in [1.54, 1.807) is 28.0 Å². The van der Waals surface area contributed by atoms with Crippen LogP contribution in [-0.2, 0) is 4.79 Å². The van der Waals surface area contributed by atoms with E-state index in [2.05, 4.69) is 0 Å². The lowest BCUT2D eigenvalue weighted by molar-refractivity contribution is -0.127. The summed E-state index contributed by atoms with van der Waals surface area (Å²) in [4.78, 5) is 27.8. The molecule has 0 bridgehead atoms. The van der Waals surface area contributed by atoms with Crippen LogP contribution in [0.25, 0.3) is 6.08 Å². The molecule has 2 amide bonds. The van der Waals surface area contributed by atoms with Crippen LogP contribution >= 0.6 is 0 Å². The number of hydrogen-bond acceptors (Lipinski definition) is 3. The number of carbonyl (C=O) groups excluding carboxylic acids is 2. The highest BCUT2D eigenvalue weighted by Gasteiger charge is 2.25. The first-order valence-electron chi connectivity index (χ1n) is 7.59. The molecule has 1 fully saturated rings. The van der Waals surface area contributed by atoms with Crippen LogP contribution in [0.4, 0.5) is 0 Å². The molecule has 0 atom stereocenters. The summed E-state index contributed by atoms with van der Waals surface area (Å²) in [7, 11) is 0. The molecule has 1 saturated heterocycles. The van der Waals surface area contributed by atoms with Crippen molar-refractivity contribution in [2.75, 3.05) is 26.2 Å². The second-order valence-electron chi connectivity index (χ2n) is 5.34. The first-order chi connectivity index (χ1) is 11.2. The van der Waals surface area contributed by atoms with Gasteiger partial charge in [-0.2, -0.15) is 0 Å². The van der Waals surface area contributed by atoms with E-state index in [-0.39, 0.29) is 11.8 Å². The Kier molecular flexibility index (Phi) is 4.57. The lowest BCUT2D eigenvalue weighted by atomic mass is 10.2. The topological polar surface area (TPSA) is 53.8 Å². The molecule has 0 spiro atoms. The summed E-state index contributed by atoms with van der Waals surface area (Å²) >= 11 is 0. The van der Waals surface area contributed by atoms with Crippen LogP contribution in [0.1, 0.15) is 16.1 Å². The summed E-state index contributed by atoms with van der Waals surface area (Å²) in [5, 5.41) is 0. The van der Waals surface area contributed by atoms with Gasteiger partial charge in [-0.1, -0.05) is 30.3 Å². The molecule has 0 aliphatic carbocycles. The molecular weight excluding hydrogens is 292 g/mol. The molecule has 2 aromatic rings. The minimum Gasteiger partial charge on any atom is -0.459 e. The minimum absolute atomic E-state index is 0.0287. The fraction of sp³-hybridized carbons (Fsp3) is 0.222. The minimum atomic E-state index is -0.123. The highest BCUT2D eigenvalue weighted by Crippen LogP contribution is 2.10. The standard InChI is InChI=1S/C18H18N2O3/c21-17(9-8-15-5-2-1-3-6-15)19-10-12-20(13-11-19)18(22)16-7-4-14-23-16/h1-9,14H,10-13H2/b9-8+. The van der Waals surface area contributed by atoms with Crippen molar-refractivity contribution >= 4 is 17.9 Å². The third-order valence-electron chi connectivity index (χ3n) is 3.83. The second-order valence-corrected chi connectivity index (χ2v) is 5.34. The van der Waals surface area contributed by atoms with E-state index in [9.17, 15) is 9.59 Å². The number of furan rings is 1. The van der Waals surface area contributed by atoms with Crippen molar-refractivity contribution in [3.63, 3.8) is 0 Å². The third kappa shape index (κ3) is 3.69. The van der Waals surface area contributed by atoms with Gasteiger partial charge in [-0.05, 0) is 23.8 Å². The van der Waals surface area contributed by atoms with Crippen molar-refractivity contribution in [1.29, 1.82) is 0 Å². The first-order valence-corrected chi connectivity index (χ1v) is 7.59. The molecule has 23 heavy (non-hydrogen) atoms. The molecular formula is C18H18N2O3. The normalized spacial score (nSPS) is 15.1. The molecule has 5 nitrogen and oxygen atoms in total. The lowest BCUT2D eigenvalue weighted by Gasteiger charge is -2.33. The fourth-order valence-corrected chi connectivity index (χ4v) is 2.52. The fourth-order valence-electron chi connectivity index (χ4n) is 2.52. The Morgan fingerprint density at radius 3 is 2.26 bits per heavy atom. The maximum Gasteiger partial charge on any atom is 0.289 e. The highest BCUT2D eigenvalue weighted by molar-refractivity contribution is 5.93. The summed E-state index contributed by atoms with van der Waals surface area (Å²) in [5.74, 6) is 0.189. The number of piperazine rings is 1. The Morgan fingerprint density at radius 2 is 1.61 bits per heavy atom. The van der Waals surface area contributed by atoms with Gasteiger partial charge in [-0.25, -0.2) is 0 Å². The van der Waals surface area contributed by atoms with E-state index in [1.165, 1.54) is 6.26 Å². The van der Waals surface area contributed by atoms with Crippen LogP contribution < -0.4 is 0 Å². The largest absolute Gasteiger partial charge is 0.459 e.